The highest BCUT2D eigenvalue weighted by atomic mass is 35.5. The van der Waals surface area contributed by atoms with Gasteiger partial charge in [-0.3, -0.25) is 0 Å². The van der Waals surface area contributed by atoms with Crippen LogP contribution in [-0.4, -0.2) is 16.7 Å². The minimum absolute atomic E-state index is 0.421. The molecule has 0 amide bonds. The van der Waals surface area contributed by atoms with E-state index < -0.39 is 0 Å². The molecule has 21 heavy (non-hydrogen) atoms. The van der Waals surface area contributed by atoms with Gasteiger partial charge in [0.15, 0.2) is 0 Å². The van der Waals surface area contributed by atoms with Crippen LogP contribution in [-0.2, 0) is 0 Å². The van der Waals surface area contributed by atoms with Crippen LogP contribution in [0.25, 0.3) is 22.2 Å². The summed E-state index contributed by atoms with van der Waals surface area (Å²) in [5.41, 5.74) is 1.68. The van der Waals surface area contributed by atoms with E-state index in [1.54, 1.807) is 6.07 Å². The molecule has 0 aliphatic rings. The van der Waals surface area contributed by atoms with Crippen molar-refractivity contribution in [2.45, 2.75) is 6.92 Å². The first-order valence-corrected chi connectivity index (χ1v) is 7.93. The van der Waals surface area contributed by atoms with E-state index in [-0.39, 0.29) is 0 Å². The fraction of sp³-hybridized carbons (Fsp3) is 0.143. The van der Waals surface area contributed by atoms with E-state index >= 15 is 0 Å². The standard InChI is InChI=1S/C14H11Cl2N3OS/c1-2-17-11-7-8(3-4-9(11)15)13-18-14(20-19-13)12-10(16)5-6-21-12/h3-7,17H,2H2,1H3. The van der Waals surface area contributed by atoms with Crippen molar-refractivity contribution in [2.75, 3.05) is 11.9 Å². The van der Waals surface area contributed by atoms with Crippen molar-refractivity contribution in [1.29, 1.82) is 0 Å². The van der Waals surface area contributed by atoms with Crippen LogP contribution in [0.1, 0.15) is 6.92 Å². The van der Waals surface area contributed by atoms with E-state index in [2.05, 4.69) is 15.5 Å². The number of thiophene rings is 1. The summed E-state index contributed by atoms with van der Waals surface area (Å²) in [6.07, 6.45) is 0. The van der Waals surface area contributed by atoms with Crippen LogP contribution in [0.4, 0.5) is 5.69 Å². The van der Waals surface area contributed by atoms with Crippen LogP contribution in [0.5, 0.6) is 0 Å². The third-order valence-electron chi connectivity index (χ3n) is 2.83. The minimum Gasteiger partial charge on any atom is -0.384 e. The number of rotatable bonds is 4. The number of hydrogen-bond donors (Lipinski definition) is 1. The third kappa shape index (κ3) is 2.90. The molecule has 0 atom stereocenters. The number of nitrogens with zero attached hydrogens (tertiary/aromatic N) is 2. The molecule has 0 saturated carbocycles. The van der Waals surface area contributed by atoms with Crippen molar-refractivity contribution >= 4 is 40.2 Å². The SMILES string of the molecule is CCNc1cc(-c2noc(-c3sccc3Cl)n2)ccc1Cl. The van der Waals surface area contributed by atoms with Gasteiger partial charge in [0, 0.05) is 12.1 Å². The molecular weight excluding hydrogens is 329 g/mol. The second-order valence-electron chi connectivity index (χ2n) is 4.25. The Kier molecular flexibility index (Phi) is 4.14. The van der Waals surface area contributed by atoms with Crippen molar-refractivity contribution in [2.24, 2.45) is 0 Å². The number of hydrogen-bond acceptors (Lipinski definition) is 5. The Bertz CT molecular complexity index is 769. The monoisotopic (exact) mass is 339 g/mol. The van der Waals surface area contributed by atoms with Crippen molar-refractivity contribution in [1.82, 2.24) is 10.1 Å². The summed E-state index contributed by atoms with van der Waals surface area (Å²) in [4.78, 5) is 5.17. The van der Waals surface area contributed by atoms with Gasteiger partial charge in [-0.15, -0.1) is 11.3 Å². The fourth-order valence-electron chi connectivity index (χ4n) is 1.87. The molecule has 0 radical (unpaired) electrons. The Morgan fingerprint density at radius 2 is 2.10 bits per heavy atom. The highest BCUT2D eigenvalue weighted by molar-refractivity contribution is 7.14. The Balaban J connectivity index is 1.97. The smallest absolute Gasteiger partial charge is 0.269 e. The van der Waals surface area contributed by atoms with E-state index in [1.165, 1.54) is 11.3 Å². The lowest BCUT2D eigenvalue weighted by Crippen LogP contribution is -1.97. The number of aromatic nitrogens is 2. The van der Waals surface area contributed by atoms with E-state index in [1.807, 2.05) is 30.5 Å². The fourth-order valence-corrected chi connectivity index (χ4v) is 3.11. The second kappa shape index (κ2) is 6.05. The Hall–Kier alpha value is -1.56. The molecule has 1 N–H and O–H groups in total. The number of nitrogens with one attached hydrogen (secondary N) is 1. The molecule has 0 spiro atoms. The van der Waals surface area contributed by atoms with E-state index in [0.717, 1.165) is 22.7 Å². The molecule has 1 aromatic carbocycles. The number of benzene rings is 1. The second-order valence-corrected chi connectivity index (χ2v) is 5.98. The topological polar surface area (TPSA) is 51.0 Å². The summed E-state index contributed by atoms with van der Waals surface area (Å²) < 4.78 is 5.29. The van der Waals surface area contributed by atoms with Crippen LogP contribution < -0.4 is 5.32 Å². The highest BCUT2D eigenvalue weighted by Gasteiger charge is 2.15. The average Bonchev–Trinajstić information content (AvgIpc) is 3.10. The maximum atomic E-state index is 6.13. The molecule has 2 heterocycles. The quantitative estimate of drug-likeness (QED) is 0.709. The van der Waals surface area contributed by atoms with Crippen molar-refractivity contribution in [3.63, 3.8) is 0 Å². The van der Waals surface area contributed by atoms with Crippen molar-refractivity contribution in [3.8, 4) is 22.2 Å². The lowest BCUT2D eigenvalue weighted by molar-refractivity contribution is 0.433. The van der Waals surface area contributed by atoms with Crippen LogP contribution in [0, 0.1) is 0 Å². The molecule has 3 rings (SSSR count). The number of anilines is 1. The predicted molar refractivity (Wildman–Crippen MR) is 87.2 cm³/mol. The van der Waals surface area contributed by atoms with Crippen LogP contribution in [0.3, 0.4) is 0 Å². The first-order chi connectivity index (χ1) is 10.2. The zero-order valence-electron chi connectivity index (χ0n) is 11.1. The molecule has 3 aromatic rings. The maximum Gasteiger partial charge on any atom is 0.269 e. The first-order valence-electron chi connectivity index (χ1n) is 6.30. The maximum absolute atomic E-state index is 6.13. The zero-order valence-corrected chi connectivity index (χ0v) is 13.4. The lowest BCUT2D eigenvalue weighted by Gasteiger charge is -2.06. The molecular formula is C14H11Cl2N3OS. The molecule has 7 heteroatoms. The van der Waals surface area contributed by atoms with Crippen LogP contribution >= 0.6 is 34.5 Å². The lowest BCUT2D eigenvalue weighted by atomic mass is 10.2. The molecule has 108 valence electrons. The highest BCUT2D eigenvalue weighted by Crippen LogP contribution is 2.34. The molecule has 0 saturated heterocycles. The third-order valence-corrected chi connectivity index (χ3v) is 4.49. The Labute approximate surface area is 135 Å². The van der Waals surface area contributed by atoms with Crippen molar-refractivity contribution in [3.05, 3.63) is 39.7 Å². The van der Waals surface area contributed by atoms with Gasteiger partial charge in [0.05, 0.1) is 15.7 Å². The number of halogens is 2. The van der Waals surface area contributed by atoms with Crippen LogP contribution in [0.2, 0.25) is 10.0 Å². The molecule has 4 nitrogen and oxygen atoms in total. The van der Waals surface area contributed by atoms with E-state index in [0.29, 0.717) is 21.8 Å². The summed E-state index contributed by atoms with van der Waals surface area (Å²) in [6, 6.07) is 7.37. The van der Waals surface area contributed by atoms with Gasteiger partial charge in [-0.1, -0.05) is 28.4 Å². The first kappa shape index (κ1) is 14.4. The molecule has 0 unspecified atom stereocenters. The van der Waals surface area contributed by atoms with Gasteiger partial charge in [-0.05, 0) is 36.6 Å². The molecule has 2 aromatic heterocycles. The molecule has 0 aliphatic carbocycles. The van der Waals surface area contributed by atoms with Gasteiger partial charge in [0.2, 0.25) is 5.82 Å². The normalized spacial score (nSPS) is 10.8. The summed E-state index contributed by atoms with van der Waals surface area (Å²) in [5, 5.41) is 10.3. The largest absolute Gasteiger partial charge is 0.384 e. The molecule has 0 fully saturated rings. The summed E-state index contributed by atoms with van der Waals surface area (Å²) in [6.45, 7) is 2.79. The molecule has 0 bridgehead atoms. The van der Waals surface area contributed by atoms with Gasteiger partial charge < -0.3 is 9.84 Å². The average molecular weight is 340 g/mol. The predicted octanol–water partition coefficient (Wildman–Crippen LogP) is 5.20. The van der Waals surface area contributed by atoms with Gasteiger partial charge in [0.25, 0.3) is 5.89 Å². The summed E-state index contributed by atoms with van der Waals surface area (Å²) in [5.74, 6) is 0.926. The molecule has 0 aliphatic heterocycles. The zero-order chi connectivity index (χ0) is 14.8. The Morgan fingerprint density at radius 1 is 1.24 bits per heavy atom. The summed E-state index contributed by atoms with van der Waals surface area (Å²) >= 11 is 13.7. The van der Waals surface area contributed by atoms with Gasteiger partial charge in [0.1, 0.15) is 4.88 Å². The van der Waals surface area contributed by atoms with E-state index in [9.17, 15) is 0 Å². The van der Waals surface area contributed by atoms with Crippen LogP contribution in [0.15, 0.2) is 34.2 Å². The Morgan fingerprint density at radius 3 is 2.81 bits per heavy atom. The van der Waals surface area contributed by atoms with Crippen molar-refractivity contribution < 1.29 is 4.52 Å². The summed E-state index contributed by atoms with van der Waals surface area (Å²) in [7, 11) is 0. The van der Waals surface area contributed by atoms with Gasteiger partial charge >= 0.3 is 0 Å². The minimum atomic E-state index is 0.421. The van der Waals surface area contributed by atoms with Gasteiger partial charge in [-0.25, -0.2) is 0 Å². The van der Waals surface area contributed by atoms with E-state index in [4.69, 9.17) is 27.7 Å². The van der Waals surface area contributed by atoms with Gasteiger partial charge in [-0.2, -0.15) is 4.98 Å².